The number of carboxylic acids is 1. The SMILES string of the molecule is CCCC(=O)N1CCCC(C(=O)N(CC)CC(=O)O)C1. The van der Waals surface area contributed by atoms with Gasteiger partial charge in [-0.3, -0.25) is 14.4 Å². The van der Waals surface area contributed by atoms with E-state index in [1.807, 2.05) is 6.92 Å². The second kappa shape index (κ2) is 7.87. The van der Waals surface area contributed by atoms with Crippen LogP contribution in [0.1, 0.15) is 39.5 Å². The largest absolute Gasteiger partial charge is 0.480 e. The first-order valence-electron chi connectivity index (χ1n) is 7.27. The Hall–Kier alpha value is -1.59. The number of piperidine rings is 1. The highest BCUT2D eigenvalue weighted by atomic mass is 16.4. The third-order valence-electron chi connectivity index (χ3n) is 3.61. The fourth-order valence-corrected chi connectivity index (χ4v) is 2.54. The minimum absolute atomic E-state index is 0.0892. The third-order valence-corrected chi connectivity index (χ3v) is 3.61. The number of carboxylic acid groups (broad SMARTS) is 1. The Kier molecular flexibility index (Phi) is 6.48. The average Bonchev–Trinajstić information content (AvgIpc) is 2.44. The van der Waals surface area contributed by atoms with Gasteiger partial charge in [0, 0.05) is 26.1 Å². The molecule has 0 radical (unpaired) electrons. The molecule has 0 saturated carbocycles. The molecule has 6 nitrogen and oxygen atoms in total. The van der Waals surface area contributed by atoms with Crippen molar-refractivity contribution in [3.05, 3.63) is 0 Å². The van der Waals surface area contributed by atoms with Crippen LogP contribution in [0.4, 0.5) is 0 Å². The molecule has 1 fully saturated rings. The summed E-state index contributed by atoms with van der Waals surface area (Å²) in [4.78, 5) is 38.0. The van der Waals surface area contributed by atoms with Crippen LogP contribution in [-0.4, -0.2) is 58.9 Å². The van der Waals surface area contributed by atoms with Crippen molar-refractivity contribution in [2.24, 2.45) is 5.92 Å². The van der Waals surface area contributed by atoms with E-state index in [2.05, 4.69) is 0 Å². The van der Waals surface area contributed by atoms with Gasteiger partial charge in [-0.1, -0.05) is 6.92 Å². The highest BCUT2D eigenvalue weighted by Gasteiger charge is 2.31. The van der Waals surface area contributed by atoms with E-state index in [4.69, 9.17) is 5.11 Å². The molecular formula is C14H24N2O4. The lowest BCUT2D eigenvalue weighted by molar-refractivity contribution is -0.148. The van der Waals surface area contributed by atoms with Crippen LogP contribution in [0, 0.1) is 5.92 Å². The lowest BCUT2D eigenvalue weighted by Crippen LogP contribution is -2.47. The number of amides is 2. The van der Waals surface area contributed by atoms with Crippen molar-refractivity contribution in [2.45, 2.75) is 39.5 Å². The Labute approximate surface area is 119 Å². The molecule has 114 valence electrons. The molecule has 1 N–H and O–H groups in total. The molecule has 0 aromatic heterocycles. The maximum atomic E-state index is 12.3. The number of aliphatic carboxylic acids is 1. The molecule has 1 heterocycles. The van der Waals surface area contributed by atoms with Gasteiger partial charge < -0.3 is 14.9 Å². The summed E-state index contributed by atoms with van der Waals surface area (Å²) in [6.45, 7) is 4.96. The zero-order valence-corrected chi connectivity index (χ0v) is 12.3. The first-order chi connectivity index (χ1) is 9.49. The van der Waals surface area contributed by atoms with E-state index in [9.17, 15) is 14.4 Å². The molecule has 0 aromatic rings. The third kappa shape index (κ3) is 4.51. The highest BCUT2D eigenvalue weighted by Crippen LogP contribution is 2.19. The van der Waals surface area contributed by atoms with Crippen LogP contribution in [0.25, 0.3) is 0 Å². The highest BCUT2D eigenvalue weighted by molar-refractivity contribution is 5.84. The summed E-state index contributed by atoms with van der Waals surface area (Å²) in [6, 6.07) is 0. The first-order valence-corrected chi connectivity index (χ1v) is 7.27. The predicted octanol–water partition coefficient (Wildman–Crippen LogP) is 0.958. The standard InChI is InChI=1S/C14H24N2O4/c1-3-6-12(17)16-8-5-7-11(9-16)14(20)15(4-2)10-13(18)19/h11H,3-10H2,1-2H3,(H,18,19). The van der Waals surface area contributed by atoms with Gasteiger partial charge in [-0.25, -0.2) is 0 Å². The maximum Gasteiger partial charge on any atom is 0.323 e. The van der Waals surface area contributed by atoms with E-state index in [0.29, 0.717) is 26.1 Å². The van der Waals surface area contributed by atoms with Gasteiger partial charge in [-0.05, 0) is 26.2 Å². The van der Waals surface area contributed by atoms with E-state index in [1.54, 1.807) is 11.8 Å². The number of hydrogen-bond donors (Lipinski definition) is 1. The molecule has 1 aliphatic rings. The molecule has 0 bridgehead atoms. The van der Waals surface area contributed by atoms with Crippen molar-refractivity contribution in [3.63, 3.8) is 0 Å². The summed E-state index contributed by atoms with van der Waals surface area (Å²) in [7, 11) is 0. The van der Waals surface area contributed by atoms with E-state index in [0.717, 1.165) is 19.3 Å². The zero-order chi connectivity index (χ0) is 15.1. The predicted molar refractivity (Wildman–Crippen MR) is 74.1 cm³/mol. The number of rotatable bonds is 6. The number of hydrogen-bond acceptors (Lipinski definition) is 3. The lowest BCUT2D eigenvalue weighted by atomic mass is 9.96. The summed E-state index contributed by atoms with van der Waals surface area (Å²) in [5.41, 5.74) is 0. The number of likely N-dealkylation sites (N-methyl/N-ethyl adjacent to an activating group) is 1. The second-order valence-corrected chi connectivity index (χ2v) is 5.18. The molecule has 2 amide bonds. The molecule has 0 aromatic carbocycles. The Morgan fingerprint density at radius 1 is 1.30 bits per heavy atom. The molecular weight excluding hydrogens is 260 g/mol. The van der Waals surface area contributed by atoms with Gasteiger partial charge in [0.2, 0.25) is 11.8 Å². The molecule has 1 unspecified atom stereocenters. The topological polar surface area (TPSA) is 77.9 Å². The van der Waals surface area contributed by atoms with Gasteiger partial charge in [0.1, 0.15) is 6.54 Å². The van der Waals surface area contributed by atoms with Crippen molar-refractivity contribution >= 4 is 17.8 Å². The van der Waals surface area contributed by atoms with E-state index in [1.165, 1.54) is 4.90 Å². The van der Waals surface area contributed by atoms with Gasteiger partial charge >= 0.3 is 5.97 Å². The van der Waals surface area contributed by atoms with Gasteiger partial charge in [-0.15, -0.1) is 0 Å². The summed E-state index contributed by atoms with van der Waals surface area (Å²) in [6.07, 6.45) is 2.84. The second-order valence-electron chi connectivity index (χ2n) is 5.18. The molecule has 1 atom stereocenters. The Balaban J connectivity index is 2.63. The van der Waals surface area contributed by atoms with Crippen molar-refractivity contribution in [3.8, 4) is 0 Å². The number of carbonyl (C=O) groups is 3. The van der Waals surface area contributed by atoms with Crippen LogP contribution in [0.5, 0.6) is 0 Å². The van der Waals surface area contributed by atoms with Crippen LogP contribution in [0.2, 0.25) is 0 Å². The number of carbonyl (C=O) groups excluding carboxylic acids is 2. The minimum Gasteiger partial charge on any atom is -0.480 e. The van der Waals surface area contributed by atoms with Crippen LogP contribution in [0.3, 0.4) is 0 Å². The van der Waals surface area contributed by atoms with Crippen LogP contribution < -0.4 is 0 Å². The van der Waals surface area contributed by atoms with E-state index in [-0.39, 0.29) is 24.3 Å². The molecule has 6 heteroatoms. The fourth-order valence-electron chi connectivity index (χ4n) is 2.54. The van der Waals surface area contributed by atoms with Crippen LogP contribution >= 0.6 is 0 Å². The van der Waals surface area contributed by atoms with Gasteiger partial charge in [-0.2, -0.15) is 0 Å². The minimum atomic E-state index is -1.00. The van der Waals surface area contributed by atoms with Crippen LogP contribution in [-0.2, 0) is 14.4 Å². The first kappa shape index (κ1) is 16.5. The quantitative estimate of drug-likeness (QED) is 0.788. The average molecular weight is 284 g/mol. The Morgan fingerprint density at radius 3 is 2.55 bits per heavy atom. The van der Waals surface area contributed by atoms with Crippen LogP contribution in [0.15, 0.2) is 0 Å². The van der Waals surface area contributed by atoms with E-state index >= 15 is 0 Å². The monoisotopic (exact) mass is 284 g/mol. The molecule has 1 rings (SSSR count). The molecule has 1 aliphatic heterocycles. The normalized spacial score (nSPS) is 18.7. The van der Waals surface area contributed by atoms with Crippen molar-refractivity contribution in [1.82, 2.24) is 9.80 Å². The van der Waals surface area contributed by atoms with Crippen molar-refractivity contribution < 1.29 is 19.5 Å². The van der Waals surface area contributed by atoms with Crippen molar-refractivity contribution in [2.75, 3.05) is 26.2 Å². The summed E-state index contributed by atoms with van der Waals surface area (Å²) in [5, 5.41) is 8.81. The number of likely N-dealkylation sites (tertiary alicyclic amines) is 1. The molecule has 0 aliphatic carbocycles. The Morgan fingerprint density at radius 2 is 2.00 bits per heavy atom. The zero-order valence-electron chi connectivity index (χ0n) is 12.3. The lowest BCUT2D eigenvalue weighted by Gasteiger charge is -2.34. The summed E-state index contributed by atoms with van der Waals surface area (Å²) in [5.74, 6) is -1.33. The molecule has 1 saturated heterocycles. The summed E-state index contributed by atoms with van der Waals surface area (Å²) < 4.78 is 0. The van der Waals surface area contributed by atoms with E-state index < -0.39 is 5.97 Å². The van der Waals surface area contributed by atoms with Gasteiger partial charge in [0.05, 0.1) is 5.92 Å². The fraction of sp³-hybridized carbons (Fsp3) is 0.786. The molecule has 20 heavy (non-hydrogen) atoms. The molecule has 0 spiro atoms. The van der Waals surface area contributed by atoms with Gasteiger partial charge in [0.25, 0.3) is 0 Å². The maximum absolute atomic E-state index is 12.3. The smallest absolute Gasteiger partial charge is 0.323 e. The number of nitrogens with zero attached hydrogens (tertiary/aromatic N) is 2. The summed E-state index contributed by atoms with van der Waals surface area (Å²) >= 11 is 0. The van der Waals surface area contributed by atoms with Gasteiger partial charge in [0.15, 0.2) is 0 Å². The van der Waals surface area contributed by atoms with Crippen molar-refractivity contribution in [1.29, 1.82) is 0 Å². The Bertz CT molecular complexity index is 370.